The third-order valence-corrected chi connectivity index (χ3v) is 5.82. The molecule has 1 atom stereocenters. The maximum atomic E-state index is 12.5. The number of hydrogen-bond donors (Lipinski definition) is 1. The number of hydrogen-bond acceptors (Lipinski definition) is 3. The fourth-order valence-electron chi connectivity index (χ4n) is 4.10. The van der Waals surface area contributed by atoms with Crippen LogP contribution in [0.25, 0.3) is 10.9 Å². The number of aryl methyl sites for hydroxylation is 2. The van der Waals surface area contributed by atoms with Gasteiger partial charge in [-0.15, -0.1) is 0 Å². The molecule has 1 saturated heterocycles. The number of carbonyl (C=O) groups excluding carboxylic acids is 1. The van der Waals surface area contributed by atoms with Gasteiger partial charge in [0, 0.05) is 36.9 Å². The molecule has 136 valence electrons. The number of nitriles is 1. The summed E-state index contributed by atoms with van der Waals surface area (Å²) in [6.45, 7) is 1.39. The second-order valence-corrected chi connectivity index (χ2v) is 7.66. The molecule has 1 aromatic carbocycles. The monoisotopic (exact) mass is 350 g/mol. The van der Waals surface area contributed by atoms with Crippen molar-refractivity contribution in [3.63, 3.8) is 0 Å². The van der Waals surface area contributed by atoms with Gasteiger partial charge in [-0.3, -0.25) is 4.79 Å². The highest BCUT2D eigenvalue weighted by molar-refractivity contribution is 5.82. The fraction of sp³-hybridized carbons (Fsp3) is 0.524. The highest BCUT2D eigenvalue weighted by Gasteiger charge is 2.29. The Kier molecular flexibility index (Phi) is 4.69. The molecular formula is C21H26N4O. The Bertz CT molecular complexity index is 859. The predicted molar refractivity (Wildman–Crippen MR) is 102 cm³/mol. The van der Waals surface area contributed by atoms with Gasteiger partial charge in [-0.2, -0.15) is 5.26 Å². The van der Waals surface area contributed by atoms with Crippen LogP contribution in [0, 0.1) is 11.3 Å². The van der Waals surface area contributed by atoms with Gasteiger partial charge in [0.1, 0.15) is 0 Å². The molecule has 1 aromatic heterocycles. The summed E-state index contributed by atoms with van der Waals surface area (Å²) < 4.78 is 2.19. The molecule has 1 amide bonds. The summed E-state index contributed by atoms with van der Waals surface area (Å²) in [5.41, 5.74) is 3.07. The fourth-order valence-corrected chi connectivity index (χ4v) is 4.10. The van der Waals surface area contributed by atoms with Gasteiger partial charge in [-0.05, 0) is 62.1 Å². The lowest BCUT2D eigenvalue weighted by Gasteiger charge is -2.25. The van der Waals surface area contributed by atoms with Crippen molar-refractivity contribution >= 4 is 16.8 Å². The number of nitrogens with one attached hydrogen (secondary N) is 1. The van der Waals surface area contributed by atoms with Crippen LogP contribution in [0.1, 0.15) is 43.4 Å². The summed E-state index contributed by atoms with van der Waals surface area (Å²) in [5, 5.41) is 13.6. The number of nitrogens with zero attached hydrogens (tertiary/aromatic N) is 3. The maximum absolute atomic E-state index is 12.5. The minimum absolute atomic E-state index is 0.259. The smallest absolute Gasteiger partial charge is 0.236 e. The molecule has 2 aliphatic rings. The molecule has 0 unspecified atom stereocenters. The van der Waals surface area contributed by atoms with Crippen LogP contribution in [0.5, 0.6) is 0 Å². The summed E-state index contributed by atoms with van der Waals surface area (Å²) in [4.78, 5) is 14.6. The van der Waals surface area contributed by atoms with E-state index in [0.717, 1.165) is 37.7 Å². The molecule has 2 heterocycles. The molecule has 0 spiro atoms. The van der Waals surface area contributed by atoms with Crippen molar-refractivity contribution < 1.29 is 4.79 Å². The van der Waals surface area contributed by atoms with E-state index in [1.165, 1.54) is 23.9 Å². The van der Waals surface area contributed by atoms with Gasteiger partial charge in [0.25, 0.3) is 0 Å². The lowest BCUT2D eigenvalue weighted by molar-refractivity contribution is -0.131. The van der Waals surface area contributed by atoms with E-state index in [2.05, 4.69) is 34.0 Å². The second-order valence-electron chi connectivity index (χ2n) is 7.66. The predicted octanol–water partition coefficient (Wildman–Crippen LogP) is 2.73. The molecule has 1 N–H and O–H groups in total. The molecule has 5 nitrogen and oxygen atoms in total. The van der Waals surface area contributed by atoms with Crippen molar-refractivity contribution in [2.75, 3.05) is 13.1 Å². The Morgan fingerprint density at radius 2 is 2.15 bits per heavy atom. The van der Waals surface area contributed by atoms with Crippen molar-refractivity contribution in [1.82, 2.24) is 14.8 Å². The van der Waals surface area contributed by atoms with E-state index in [4.69, 9.17) is 5.26 Å². The van der Waals surface area contributed by atoms with Gasteiger partial charge in [0.05, 0.1) is 18.2 Å². The van der Waals surface area contributed by atoms with E-state index >= 15 is 0 Å². The van der Waals surface area contributed by atoms with Crippen LogP contribution in [-0.2, 0) is 18.3 Å². The molecule has 2 fully saturated rings. The molecule has 26 heavy (non-hydrogen) atoms. The molecule has 0 radical (unpaired) electrons. The first-order chi connectivity index (χ1) is 12.7. The van der Waals surface area contributed by atoms with Crippen molar-refractivity contribution in [3.8, 4) is 6.07 Å². The SMILES string of the molecule is Cn1c(CC[C@@H]2CCCN2C(=O)CNC2CC2)cc2ccc(C#N)cc21. The minimum atomic E-state index is 0.259. The zero-order chi connectivity index (χ0) is 18.1. The number of benzene rings is 1. The third kappa shape index (κ3) is 3.47. The molecule has 1 saturated carbocycles. The molecule has 4 rings (SSSR count). The van der Waals surface area contributed by atoms with Gasteiger partial charge < -0.3 is 14.8 Å². The Hall–Kier alpha value is -2.32. The van der Waals surface area contributed by atoms with E-state index in [1.807, 2.05) is 18.2 Å². The normalized spacial score (nSPS) is 19.8. The number of carbonyl (C=O) groups is 1. The van der Waals surface area contributed by atoms with E-state index in [1.54, 1.807) is 0 Å². The standard InChI is InChI=1S/C21H26N4O/c1-24-19(12-16-5-4-15(13-22)11-20(16)24)9-8-18-3-2-10-25(18)21(26)14-23-17-6-7-17/h4-5,11-12,17-18,23H,2-3,6-10,14H2,1H3/t18-/m0/s1. The summed E-state index contributed by atoms with van der Waals surface area (Å²) in [6.07, 6.45) is 6.61. The summed E-state index contributed by atoms with van der Waals surface area (Å²) in [7, 11) is 2.07. The van der Waals surface area contributed by atoms with Crippen molar-refractivity contribution in [2.45, 2.75) is 50.6 Å². The summed E-state index contributed by atoms with van der Waals surface area (Å²) >= 11 is 0. The number of amides is 1. The summed E-state index contributed by atoms with van der Waals surface area (Å²) in [5.74, 6) is 0.259. The number of fused-ring (bicyclic) bond motifs is 1. The molecule has 2 aromatic rings. The Balaban J connectivity index is 1.41. The van der Waals surface area contributed by atoms with Crippen LogP contribution >= 0.6 is 0 Å². The largest absolute Gasteiger partial charge is 0.348 e. The van der Waals surface area contributed by atoms with Crippen LogP contribution in [0.3, 0.4) is 0 Å². The Morgan fingerprint density at radius 3 is 2.92 bits per heavy atom. The second kappa shape index (κ2) is 7.13. The zero-order valence-corrected chi connectivity index (χ0v) is 15.4. The van der Waals surface area contributed by atoms with Gasteiger partial charge >= 0.3 is 0 Å². The van der Waals surface area contributed by atoms with Crippen LogP contribution in [0.2, 0.25) is 0 Å². The third-order valence-electron chi connectivity index (χ3n) is 5.82. The molecule has 0 bridgehead atoms. The van der Waals surface area contributed by atoms with E-state index in [-0.39, 0.29) is 5.91 Å². The van der Waals surface area contributed by atoms with Crippen LogP contribution in [-0.4, -0.2) is 40.5 Å². The van der Waals surface area contributed by atoms with Crippen LogP contribution in [0.15, 0.2) is 24.3 Å². The quantitative estimate of drug-likeness (QED) is 0.871. The number of aromatic nitrogens is 1. The van der Waals surface area contributed by atoms with Gasteiger partial charge in [-0.1, -0.05) is 6.07 Å². The highest BCUT2D eigenvalue weighted by atomic mass is 16.2. The van der Waals surface area contributed by atoms with Crippen molar-refractivity contribution in [2.24, 2.45) is 7.05 Å². The van der Waals surface area contributed by atoms with E-state index in [0.29, 0.717) is 24.2 Å². The first kappa shape index (κ1) is 17.1. The Morgan fingerprint density at radius 1 is 1.31 bits per heavy atom. The highest BCUT2D eigenvalue weighted by Crippen LogP contribution is 2.25. The van der Waals surface area contributed by atoms with Gasteiger partial charge in [-0.25, -0.2) is 0 Å². The molecule has 5 heteroatoms. The van der Waals surface area contributed by atoms with E-state index in [9.17, 15) is 4.79 Å². The molecule has 1 aliphatic carbocycles. The first-order valence-corrected chi connectivity index (χ1v) is 9.67. The molecular weight excluding hydrogens is 324 g/mol. The lowest BCUT2D eigenvalue weighted by atomic mass is 10.1. The van der Waals surface area contributed by atoms with Gasteiger partial charge in [0.15, 0.2) is 0 Å². The Labute approximate surface area is 154 Å². The molecule has 1 aliphatic heterocycles. The lowest BCUT2D eigenvalue weighted by Crippen LogP contribution is -2.41. The van der Waals surface area contributed by atoms with Crippen molar-refractivity contribution in [3.05, 3.63) is 35.5 Å². The van der Waals surface area contributed by atoms with E-state index < -0.39 is 0 Å². The van der Waals surface area contributed by atoms with Gasteiger partial charge in [0.2, 0.25) is 5.91 Å². The maximum Gasteiger partial charge on any atom is 0.236 e. The van der Waals surface area contributed by atoms with Crippen LogP contribution < -0.4 is 5.32 Å². The topological polar surface area (TPSA) is 61.1 Å². The minimum Gasteiger partial charge on any atom is -0.348 e. The summed E-state index contributed by atoms with van der Waals surface area (Å²) in [6, 6.07) is 11.2. The van der Waals surface area contributed by atoms with Crippen molar-refractivity contribution in [1.29, 1.82) is 5.26 Å². The average molecular weight is 350 g/mol. The number of rotatable bonds is 6. The number of likely N-dealkylation sites (tertiary alicyclic amines) is 1. The first-order valence-electron chi connectivity index (χ1n) is 9.67. The zero-order valence-electron chi connectivity index (χ0n) is 15.4. The average Bonchev–Trinajstić information content (AvgIpc) is 3.28. The van der Waals surface area contributed by atoms with Crippen LogP contribution in [0.4, 0.5) is 0 Å².